The Morgan fingerprint density at radius 3 is 2.18 bits per heavy atom. The molecule has 0 aliphatic carbocycles. The third-order valence-electron chi connectivity index (χ3n) is 2.38. The number of rotatable bonds is 7. The van der Waals surface area contributed by atoms with Gasteiger partial charge in [-0.3, -0.25) is 0 Å². The summed E-state index contributed by atoms with van der Waals surface area (Å²) in [4.78, 5) is 22.4. The third-order valence-corrected chi connectivity index (χ3v) is 2.38. The van der Waals surface area contributed by atoms with Crippen molar-refractivity contribution in [3.05, 3.63) is 0 Å². The van der Waals surface area contributed by atoms with Gasteiger partial charge in [0.2, 0.25) is 0 Å². The maximum absolute atomic E-state index is 11.5. The molecule has 0 aliphatic rings. The molecule has 100 valence electrons. The molecule has 0 saturated carbocycles. The Hall–Kier alpha value is -1.26. The first-order chi connectivity index (χ1) is 7.86. The highest BCUT2D eigenvalue weighted by Crippen LogP contribution is 2.03. The van der Waals surface area contributed by atoms with Gasteiger partial charge in [-0.2, -0.15) is 0 Å². The van der Waals surface area contributed by atoms with Crippen molar-refractivity contribution >= 4 is 12.0 Å². The molecule has 0 radical (unpaired) electrons. The Bertz CT molecular complexity index is 254. The Labute approximate surface area is 103 Å². The van der Waals surface area contributed by atoms with E-state index < -0.39 is 18.0 Å². The minimum absolute atomic E-state index is 0.0473. The van der Waals surface area contributed by atoms with Crippen LogP contribution in [0.25, 0.3) is 0 Å². The summed E-state index contributed by atoms with van der Waals surface area (Å²) in [7, 11) is 0. The number of amides is 2. The number of aliphatic carboxylic acids is 1. The summed E-state index contributed by atoms with van der Waals surface area (Å²) in [6.45, 7) is 7.95. The summed E-state index contributed by atoms with van der Waals surface area (Å²) in [6, 6.07) is -1.16. The highest BCUT2D eigenvalue weighted by atomic mass is 16.4. The second-order valence-electron chi connectivity index (χ2n) is 4.83. The van der Waals surface area contributed by atoms with Crippen molar-refractivity contribution in [2.45, 2.75) is 59.0 Å². The number of hydrogen-bond acceptors (Lipinski definition) is 2. The summed E-state index contributed by atoms with van der Waals surface area (Å²) in [5.74, 6) is -0.491. The van der Waals surface area contributed by atoms with Gasteiger partial charge in [0, 0.05) is 6.04 Å². The van der Waals surface area contributed by atoms with Gasteiger partial charge in [-0.05, 0) is 25.7 Å². The fourth-order valence-electron chi connectivity index (χ4n) is 1.74. The minimum atomic E-state index is -0.987. The van der Waals surface area contributed by atoms with Crippen LogP contribution in [0.1, 0.15) is 47.0 Å². The van der Waals surface area contributed by atoms with E-state index in [0.717, 1.165) is 12.8 Å². The van der Waals surface area contributed by atoms with Gasteiger partial charge in [0.05, 0.1) is 0 Å². The molecule has 0 rings (SSSR count). The van der Waals surface area contributed by atoms with Crippen molar-refractivity contribution in [2.75, 3.05) is 0 Å². The average Bonchev–Trinajstić information content (AvgIpc) is 2.14. The Morgan fingerprint density at radius 1 is 1.18 bits per heavy atom. The standard InChI is InChI=1S/C12H24N2O3/c1-5-6-10(11(15)16)14-12(17)13-9(4)7-8(2)3/h8-10H,5-7H2,1-4H3,(H,15,16)(H2,13,14,17)/t9?,10-/m1/s1. The van der Waals surface area contributed by atoms with Gasteiger partial charge in [0.1, 0.15) is 6.04 Å². The zero-order valence-corrected chi connectivity index (χ0v) is 11.1. The van der Waals surface area contributed by atoms with Gasteiger partial charge < -0.3 is 15.7 Å². The molecule has 0 aromatic carbocycles. The van der Waals surface area contributed by atoms with Crippen molar-refractivity contribution < 1.29 is 14.7 Å². The van der Waals surface area contributed by atoms with Crippen molar-refractivity contribution in [2.24, 2.45) is 5.92 Å². The van der Waals surface area contributed by atoms with E-state index in [1.807, 2.05) is 13.8 Å². The SMILES string of the molecule is CCC[C@@H](NC(=O)NC(C)CC(C)C)C(=O)O. The lowest BCUT2D eigenvalue weighted by atomic mass is 10.1. The number of nitrogens with one attached hydrogen (secondary N) is 2. The molecule has 0 aromatic rings. The fourth-order valence-corrected chi connectivity index (χ4v) is 1.74. The molecular formula is C12H24N2O3. The van der Waals surface area contributed by atoms with Gasteiger partial charge >= 0.3 is 12.0 Å². The first-order valence-electron chi connectivity index (χ1n) is 6.16. The Kier molecular flexibility index (Phi) is 7.34. The van der Waals surface area contributed by atoms with Crippen LogP contribution in [0.15, 0.2) is 0 Å². The second-order valence-corrected chi connectivity index (χ2v) is 4.83. The minimum Gasteiger partial charge on any atom is -0.480 e. The molecule has 5 nitrogen and oxygen atoms in total. The van der Waals surface area contributed by atoms with Gasteiger partial charge in [-0.1, -0.05) is 27.2 Å². The Morgan fingerprint density at radius 2 is 1.76 bits per heavy atom. The number of carboxylic acid groups (broad SMARTS) is 1. The summed E-state index contributed by atoms with van der Waals surface area (Å²) in [5.41, 5.74) is 0. The summed E-state index contributed by atoms with van der Waals surface area (Å²) < 4.78 is 0. The lowest BCUT2D eigenvalue weighted by Crippen LogP contribution is -2.48. The lowest BCUT2D eigenvalue weighted by Gasteiger charge is -2.19. The highest BCUT2D eigenvalue weighted by Gasteiger charge is 2.19. The smallest absolute Gasteiger partial charge is 0.326 e. The molecule has 0 bridgehead atoms. The van der Waals surface area contributed by atoms with E-state index in [2.05, 4.69) is 24.5 Å². The first kappa shape index (κ1) is 15.7. The molecule has 2 atom stereocenters. The fraction of sp³-hybridized carbons (Fsp3) is 0.833. The summed E-state index contributed by atoms with van der Waals surface area (Å²) in [6.07, 6.45) is 2.04. The number of carboxylic acids is 1. The van der Waals surface area contributed by atoms with E-state index in [1.54, 1.807) is 0 Å². The second kappa shape index (κ2) is 7.92. The van der Waals surface area contributed by atoms with Crippen molar-refractivity contribution in [3.8, 4) is 0 Å². The van der Waals surface area contributed by atoms with E-state index >= 15 is 0 Å². The van der Waals surface area contributed by atoms with Crippen LogP contribution in [0.5, 0.6) is 0 Å². The number of hydrogen-bond donors (Lipinski definition) is 3. The third kappa shape index (κ3) is 7.60. The number of urea groups is 1. The van der Waals surface area contributed by atoms with Crippen molar-refractivity contribution in [1.29, 1.82) is 0 Å². The van der Waals surface area contributed by atoms with Crippen LogP contribution in [0.4, 0.5) is 4.79 Å². The molecule has 0 aromatic heterocycles. The molecule has 1 unspecified atom stereocenters. The topological polar surface area (TPSA) is 78.4 Å². The number of carbonyl (C=O) groups excluding carboxylic acids is 1. The van der Waals surface area contributed by atoms with Crippen LogP contribution in [-0.4, -0.2) is 29.2 Å². The van der Waals surface area contributed by atoms with E-state index in [1.165, 1.54) is 0 Å². The molecule has 0 heterocycles. The number of carbonyl (C=O) groups is 2. The van der Waals surface area contributed by atoms with E-state index in [-0.39, 0.29) is 6.04 Å². The molecule has 0 spiro atoms. The lowest BCUT2D eigenvalue weighted by molar-refractivity contribution is -0.139. The molecular weight excluding hydrogens is 220 g/mol. The van der Waals surface area contributed by atoms with Gasteiger partial charge in [-0.15, -0.1) is 0 Å². The molecule has 0 fully saturated rings. The summed E-state index contributed by atoms with van der Waals surface area (Å²) in [5, 5.41) is 14.1. The van der Waals surface area contributed by atoms with Crippen LogP contribution in [0, 0.1) is 5.92 Å². The van der Waals surface area contributed by atoms with E-state index in [9.17, 15) is 9.59 Å². The van der Waals surface area contributed by atoms with Gasteiger partial charge in [-0.25, -0.2) is 9.59 Å². The predicted octanol–water partition coefficient (Wildman–Crippen LogP) is 1.97. The largest absolute Gasteiger partial charge is 0.480 e. The van der Waals surface area contributed by atoms with Gasteiger partial charge in [0.25, 0.3) is 0 Å². The van der Waals surface area contributed by atoms with Crippen LogP contribution < -0.4 is 10.6 Å². The van der Waals surface area contributed by atoms with Gasteiger partial charge in [0.15, 0.2) is 0 Å². The molecule has 0 aliphatic heterocycles. The maximum atomic E-state index is 11.5. The molecule has 5 heteroatoms. The van der Waals surface area contributed by atoms with Crippen molar-refractivity contribution in [3.63, 3.8) is 0 Å². The van der Waals surface area contributed by atoms with Crippen LogP contribution >= 0.6 is 0 Å². The normalized spacial score (nSPS) is 14.2. The molecule has 0 saturated heterocycles. The zero-order chi connectivity index (χ0) is 13.4. The van der Waals surface area contributed by atoms with E-state index in [0.29, 0.717) is 12.3 Å². The van der Waals surface area contributed by atoms with Crippen LogP contribution in [0.2, 0.25) is 0 Å². The first-order valence-corrected chi connectivity index (χ1v) is 6.16. The molecule has 2 amide bonds. The molecule has 17 heavy (non-hydrogen) atoms. The molecule has 3 N–H and O–H groups in total. The highest BCUT2D eigenvalue weighted by molar-refractivity contribution is 5.82. The maximum Gasteiger partial charge on any atom is 0.326 e. The predicted molar refractivity (Wildman–Crippen MR) is 66.9 cm³/mol. The van der Waals surface area contributed by atoms with Crippen LogP contribution in [-0.2, 0) is 4.79 Å². The van der Waals surface area contributed by atoms with Crippen LogP contribution in [0.3, 0.4) is 0 Å². The van der Waals surface area contributed by atoms with Crippen molar-refractivity contribution in [1.82, 2.24) is 10.6 Å². The monoisotopic (exact) mass is 244 g/mol. The van der Waals surface area contributed by atoms with E-state index in [4.69, 9.17) is 5.11 Å². The average molecular weight is 244 g/mol. The summed E-state index contributed by atoms with van der Waals surface area (Å²) >= 11 is 0. The zero-order valence-electron chi connectivity index (χ0n) is 11.1. The quantitative estimate of drug-likeness (QED) is 0.640. The Balaban J connectivity index is 4.09.